The Bertz CT molecular complexity index is 1050. The highest BCUT2D eigenvalue weighted by Crippen LogP contribution is 2.46. The average molecular weight is 488 g/mol. The lowest BCUT2D eigenvalue weighted by molar-refractivity contribution is -0.157. The minimum atomic E-state index is -4.86. The van der Waals surface area contributed by atoms with Crippen molar-refractivity contribution in [3.05, 3.63) is 64.4 Å². The molecule has 0 aromatic heterocycles. The quantitative estimate of drug-likeness (QED) is 0.416. The van der Waals surface area contributed by atoms with Gasteiger partial charge in [0.25, 0.3) is 0 Å². The monoisotopic (exact) mass is 487 g/mol. The predicted octanol–water partition coefficient (Wildman–Crippen LogP) is 4.40. The maximum atomic E-state index is 13.9. The molecule has 2 aromatic rings. The van der Waals surface area contributed by atoms with E-state index in [-0.39, 0.29) is 25.3 Å². The van der Waals surface area contributed by atoms with Crippen LogP contribution in [0.1, 0.15) is 31.4 Å². The molecule has 3 N–H and O–H groups in total. The van der Waals surface area contributed by atoms with Crippen LogP contribution in [0.25, 0.3) is 0 Å². The second-order valence-corrected chi connectivity index (χ2v) is 8.30. The van der Waals surface area contributed by atoms with Crippen LogP contribution in [0.2, 0.25) is 5.02 Å². The Labute approximate surface area is 192 Å². The fourth-order valence-corrected chi connectivity index (χ4v) is 4.06. The number of rotatable bonds is 6. The Morgan fingerprint density at radius 1 is 1.18 bits per heavy atom. The van der Waals surface area contributed by atoms with Crippen molar-refractivity contribution in [1.82, 2.24) is 10.9 Å². The zero-order chi connectivity index (χ0) is 24.4. The number of anilines is 1. The lowest BCUT2D eigenvalue weighted by Gasteiger charge is -2.40. The molecule has 6 nitrogen and oxygen atoms in total. The molecule has 1 aliphatic rings. The summed E-state index contributed by atoms with van der Waals surface area (Å²) in [4.78, 5) is 25.9. The zero-order valence-corrected chi connectivity index (χ0v) is 18.5. The average Bonchev–Trinajstić information content (AvgIpc) is 3.05. The summed E-state index contributed by atoms with van der Waals surface area (Å²) in [6, 6.07) is 8.64. The van der Waals surface area contributed by atoms with Gasteiger partial charge in [0.2, 0.25) is 5.91 Å². The molecular formula is C22H22ClF4N3O3. The summed E-state index contributed by atoms with van der Waals surface area (Å²) < 4.78 is 57.6. The highest BCUT2D eigenvalue weighted by atomic mass is 35.5. The van der Waals surface area contributed by atoms with E-state index >= 15 is 0 Å². The fraction of sp³-hybridized carbons (Fsp3) is 0.364. The maximum absolute atomic E-state index is 13.9. The van der Waals surface area contributed by atoms with Crippen LogP contribution in [0.15, 0.2) is 42.5 Å². The molecular weight excluding hydrogens is 466 g/mol. The van der Waals surface area contributed by atoms with Crippen molar-refractivity contribution in [2.45, 2.75) is 32.0 Å². The SMILES string of the molecule is CCOC(=O)C1(C)CNNC1(CC(=O)Nc1ccc(C(F)(F)F)c(F)c1)c1ccc(Cl)cc1. The second kappa shape index (κ2) is 9.28. The van der Waals surface area contributed by atoms with Gasteiger partial charge >= 0.3 is 12.1 Å². The summed E-state index contributed by atoms with van der Waals surface area (Å²) in [6.07, 6.45) is -5.17. The number of hydrogen-bond donors (Lipinski definition) is 3. The molecule has 3 rings (SSSR count). The van der Waals surface area contributed by atoms with E-state index in [0.29, 0.717) is 22.7 Å². The largest absolute Gasteiger partial charge is 0.465 e. The maximum Gasteiger partial charge on any atom is 0.419 e. The highest BCUT2D eigenvalue weighted by Gasteiger charge is 2.59. The van der Waals surface area contributed by atoms with Crippen molar-refractivity contribution in [3.63, 3.8) is 0 Å². The summed E-state index contributed by atoms with van der Waals surface area (Å²) >= 11 is 6.00. The number of nitrogens with one attached hydrogen (secondary N) is 3. The summed E-state index contributed by atoms with van der Waals surface area (Å²) in [5, 5.41) is 2.86. The van der Waals surface area contributed by atoms with Gasteiger partial charge in [0.15, 0.2) is 0 Å². The van der Waals surface area contributed by atoms with Gasteiger partial charge in [-0.3, -0.25) is 15.0 Å². The number of carbonyl (C=O) groups excluding carboxylic acids is 2. The molecule has 1 heterocycles. The lowest BCUT2D eigenvalue weighted by atomic mass is 9.66. The van der Waals surface area contributed by atoms with Gasteiger partial charge in [-0.15, -0.1) is 0 Å². The topological polar surface area (TPSA) is 79.5 Å². The Kier molecular flexibility index (Phi) is 7.01. The van der Waals surface area contributed by atoms with Crippen molar-refractivity contribution < 1.29 is 31.9 Å². The second-order valence-electron chi connectivity index (χ2n) is 7.86. The number of halogens is 5. The molecule has 0 spiro atoms. The van der Waals surface area contributed by atoms with Crippen LogP contribution < -0.4 is 16.2 Å². The van der Waals surface area contributed by atoms with Crippen molar-refractivity contribution in [3.8, 4) is 0 Å². The number of hydrazine groups is 1. The van der Waals surface area contributed by atoms with Gasteiger partial charge in [-0.05, 0) is 49.7 Å². The van der Waals surface area contributed by atoms with E-state index in [9.17, 15) is 27.2 Å². The Morgan fingerprint density at radius 3 is 2.42 bits per heavy atom. The number of alkyl halides is 3. The number of ether oxygens (including phenoxy) is 1. The molecule has 1 fully saturated rings. The van der Waals surface area contributed by atoms with Crippen LogP contribution in [0.5, 0.6) is 0 Å². The van der Waals surface area contributed by atoms with Crippen molar-refractivity contribution >= 4 is 29.2 Å². The lowest BCUT2D eigenvalue weighted by Crippen LogP contribution is -2.55. The Balaban J connectivity index is 1.94. The standard InChI is InChI=1S/C22H22ClF4N3O3/c1-3-33-19(32)20(2)12-28-30-21(20,13-4-6-14(23)7-5-13)11-18(31)29-15-8-9-16(17(24)10-15)22(25,26)27/h4-10,28,30H,3,11-12H2,1-2H3,(H,29,31). The molecule has 33 heavy (non-hydrogen) atoms. The molecule has 1 aliphatic heterocycles. The van der Waals surface area contributed by atoms with Gasteiger partial charge in [-0.25, -0.2) is 9.82 Å². The molecule has 2 unspecified atom stereocenters. The van der Waals surface area contributed by atoms with E-state index in [0.717, 1.165) is 6.07 Å². The van der Waals surface area contributed by atoms with E-state index in [1.54, 1.807) is 38.1 Å². The third kappa shape index (κ3) is 4.83. The molecule has 2 atom stereocenters. The van der Waals surface area contributed by atoms with Crippen LogP contribution in [0.3, 0.4) is 0 Å². The normalized spacial score (nSPS) is 22.8. The van der Waals surface area contributed by atoms with E-state index in [2.05, 4.69) is 16.2 Å². The Hall–Kier alpha value is -2.69. The number of carbonyl (C=O) groups is 2. The molecule has 0 bridgehead atoms. The first-order valence-electron chi connectivity index (χ1n) is 10.0. The number of hydrogen-bond acceptors (Lipinski definition) is 5. The van der Waals surface area contributed by atoms with Crippen molar-refractivity contribution in [1.29, 1.82) is 0 Å². The van der Waals surface area contributed by atoms with Crippen LogP contribution in [-0.4, -0.2) is 25.0 Å². The summed E-state index contributed by atoms with van der Waals surface area (Å²) in [5.41, 5.74) is 2.36. The number of esters is 1. The Morgan fingerprint density at radius 2 is 1.85 bits per heavy atom. The molecule has 1 saturated heterocycles. The number of amides is 1. The van der Waals surface area contributed by atoms with Crippen LogP contribution >= 0.6 is 11.6 Å². The summed E-state index contributed by atoms with van der Waals surface area (Å²) in [7, 11) is 0. The van der Waals surface area contributed by atoms with Gasteiger partial charge in [0.1, 0.15) is 11.2 Å². The summed E-state index contributed by atoms with van der Waals surface area (Å²) in [5.74, 6) is -2.72. The molecule has 1 amide bonds. The minimum Gasteiger partial charge on any atom is -0.465 e. The van der Waals surface area contributed by atoms with E-state index < -0.39 is 40.4 Å². The minimum absolute atomic E-state index is 0.127. The van der Waals surface area contributed by atoms with E-state index in [1.165, 1.54) is 0 Å². The third-order valence-corrected chi connectivity index (χ3v) is 5.98. The third-order valence-electron chi connectivity index (χ3n) is 5.73. The highest BCUT2D eigenvalue weighted by molar-refractivity contribution is 6.30. The van der Waals surface area contributed by atoms with Gasteiger partial charge < -0.3 is 10.1 Å². The van der Waals surface area contributed by atoms with E-state index in [4.69, 9.17) is 16.3 Å². The molecule has 11 heteroatoms. The fourth-order valence-electron chi connectivity index (χ4n) is 3.93. The van der Waals surface area contributed by atoms with Crippen molar-refractivity contribution in [2.24, 2.45) is 5.41 Å². The van der Waals surface area contributed by atoms with Crippen LogP contribution in [0, 0.1) is 11.2 Å². The van der Waals surface area contributed by atoms with Crippen molar-refractivity contribution in [2.75, 3.05) is 18.5 Å². The smallest absolute Gasteiger partial charge is 0.419 e. The van der Waals surface area contributed by atoms with Crippen LogP contribution in [0.4, 0.5) is 23.2 Å². The zero-order valence-electron chi connectivity index (χ0n) is 17.8. The van der Waals surface area contributed by atoms with Crippen LogP contribution in [-0.2, 0) is 26.0 Å². The first-order valence-corrected chi connectivity index (χ1v) is 10.4. The molecule has 2 aromatic carbocycles. The summed E-state index contributed by atoms with van der Waals surface area (Å²) in [6.45, 7) is 3.56. The first-order chi connectivity index (χ1) is 15.4. The molecule has 178 valence electrons. The molecule has 0 radical (unpaired) electrons. The van der Waals surface area contributed by atoms with Gasteiger partial charge in [-0.2, -0.15) is 13.2 Å². The molecule has 0 aliphatic carbocycles. The predicted molar refractivity (Wildman–Crippen MR) is 114 cm³/mol. The van der Waals surface area contributed by atoms with E-state index in [1.807, 2.05) is 0 Å². The van der Waals surface area contributed by atoms with Gasteiger partial charge in [-0.1, -0.05) is 23.7 Å². The first kappa shape index (κ1) is 24.9. The van der Waals surface area contributed by atoms with Gasteiger partial charge in [0.05, 0.1) is 24.1 Å². The van der Waals surface area contributed by atoms with Gasteiger partial charge in [0, 0.05) is 17.3 Å². The number of benzene rings is 2. The molecule has 0 saturated carbocycles.